The molecule has 2 N–H and O–H groups in total. The summed E-state index contributed by atoms with van der Waals surface area (Å²) in [5.74, 6) is 1.01. The predicted octanol–water partition coefficient (Wildman–Crippen LogP) is 3.45. The molecule has 2 heterocycles. The zero-order valence-corrected chi connectivity index (χ0v) is 17.5. The number of carbonyl (C=O) groups is 3. The SMILES string of the molecule is O=C(COC(=O)c1ccc(C2SCCS2)cc1)NC(=O)NCCc1cccs1. The van der Waals surface area contributed by atoms with Crippen LogP contribution in [0.2, 0.25) is 0 Å². The van der Waals surface area contributed by atoms with E-state index < -0.39 is 24.5 Å². The van der Waals surface area contributed by atoms with Gasteiger partial charge in [0.15, 0.2) is 6.61 Å². The third-order valence-corrected chi connectivity index (χ3v) is 7.91. The van der Waals surface area contributed by atoms with Gasteiger partial charge in [0, 0.05) is 22.9 Å². The fourth-order valence-corrected chi connectivity index (χ4v) is 6.07. The molecule has 1 aromatic heterocycles. The van der Waals surface area contributed by atoms with Gasteiger partial charge in [-0.3, -0.25) is 10.1 Å². The lowest BCUT2D eigenvalue weighted by Gasteiger charge is -2.09. The molecule has 3 rings (SSSR count). The van der Waals surface area contributed by atoms with Gasteiger partial charge in [-0.2, -0.15) is 0 Å². The maximum absolute atomic E-state index is 12.1. The van der Waals surface area contributed by atoms with Gasteiger partial charge in [0.1, 0.15) is 0 Å². The Morgan fingerprint density at radius 2 is 1.82 bits per heavy atom. The molecule has 1 aliphatic rings. The first-order valence-corrected chi connectivity index (χ1v) is 11.7. The van der Waals surface area contributed by atoms with Crippen LogP contribution in [0.25, 0.3) is 0 Å². The van der Waals surface area contributed by atoms with Gasteiger partial charge < -0.3 is 10.1 Å². The number of thiophene rings is 1. The van der Waals surface area contributed by atoms with Crippen LogP contribution in [0, 0.1) is 0 Å². The molecule has 1 aliphatic heterocycles. The number of imide groups is 1. The molecule has 1 aromatic carbocycles. The molecule has 28 heavy (non-hydrogen) atoms. The number of nitrogens with one attached hydrogen (secondary N) is 2. The Labute approximate surface area is 175 Å². The normalized spacial score (nSPS) is 13.9. The maximum Gasteiger partial charge on any atom is 0.338 e. The topological polar surface area (TPSA) is 84.5 Å². The van der Waals surface area contributed by atoms with Crippen LogP contribution in [0.1, 0.15) is 25.4 Å². The van der Waals surface area contributed by atoms with E-state index in [4.69, 9.17) is 4.74 Å². The van der Waals surface area contributed by atoms with E-state index in [0.29, 0.717) is 23.1 Å². The average Bonchev–Trinajstić information content (AvgIpc) is 3.40. The van der Waals surface area contributed by atoms with Crippen LogP contribution in [0.3, 0.4) is 0 Å². The highest BCUT2D eigenvalue weighted by Gasteiger charge is 2.19. The highest BCUT2D eigenvalue weighted by Crippen LogP contribution is 2.45. The van der Waals surface area contributed by atoms with Crippen molar-refractivity contribution in [2.75, 3.05) is 24.7 Å². The highest BCUT2D eigenvalue weighted by molar-refractivity contribution is 8.19. The number of benzene rings is 1. The van der Waals surface area contributed by atoms with E-state index in [2.05, 4.69) is 10.6 Å². The van der Waals surface area contributed by atoms with Crippen LogP contribution < -0.4 is 10.6 Å². The van der Waals surface area contributed by atoms with Gasteiger partial charge >= 0.3 is 12.0 Å². The van der Waals surface area contributed by atoms with E-state index in [1.54, 1.807) is 23.5 Å². The molecule has 148 valence electrons. The van der Waals surface area contributed by atoms with Gasteiger partial charge in [-0.25, -0.2) is 9.59 Å². The predicted molar refractivity (Wildman–Crippen MR) is 114 cm³/mol. The standard InChI is InChI=1S/C19H20N2O4S3/c22-16(21-19(24)20-8-7-15-2-1-9-26-15)12-25-17(23)13-3-5-14(6-4-13)18-27-10-11-28-18/h1-6,9,18H,7-8,10-12H2,(H2,20,21,22,24). The largest absolute Gasteiger partial charge is 0.452 e. The van der Waals surface area contributed by atoms with Crippen molar-refractivity contribution < 1.29 is 19.1 Å². The number of hydrogen-bond donors (Lipinski definition) is 2. The molecule has 6 nitrogen and oxygen atoms in total. The minimum Gasteiger partial charge on any atom is -0.452 e. The van der Waals surface area contributed by atoms with Crippen molar-refractivity contribution in [3.8, 4) is 0 Å². The van der Waals surface area contributed by atoms with Crippen molar-refractivity contribution in [3.63, 3.8) is 0 Å². The van der Waals surface area contributed by atoms with Gasteiger partial charge in [-0.15, -0.1) is 34.9 Å². The molecule has 3 amide bonds. The zero-order valence-electron chi connectivity index (χ0n) is 15.0. The van der Waals surface area contributed by atoms with Crippen LogP contribution in [0.15, 0.2) is 41.8 Å². The Hall–Kier alpha value is -1.97. The van der Waals surface area contributed by atoms with E-state index in [9.17, 15) is 14.4 Å². The smallest absolute Gasteiger partial charge is 0.338 e. The summed E-state index contributed by atoms with van der Waals surface area (Å²) < 4.78 is 5.39. The molecule has 0 unspecified atom stereocenters. The van der Waals surface area contributed by atoms with Crippen molar-refractivity contribution in [2.24, 2.45) is 0 Å². The number of esters is 1. The lowest BCUT2D eigenvalue weighted by molar-refractivity contribution is -0.123. The minimum absolute atomic E-state index is 0.380. The number of hydrogen-bond acceptors (Lipinski definition) is 7. The van der Waals surface area contributed by atoms with Crippen LogP contribution in [0.5, 0.6) is 0 Å². The van der Waals surface area contributed by atoms with E-state index >= 15 is 0 Å². The third kappa shape index (κ3) is 6.29. The second-order valence-electron chi connectivity index (χ2n) is 5.91. The first-order chi connectivity index (χ1) is 13.6. The molecule has 0 aliphatic carbocycles. The summed E-state index contributed by atoms with van der Waals surface area (Å²) in [5.41, 5.74) is 1.55. The van der Waals surface area contributed by atoms with E-state index in [1.165, 1.54) is 5.56 Å². The highest BCUT2D eigenvalue weighted by atomic mass is 32.2. The molecular formula is C19H20N2O4S3. The summed E-state index contributed by atoms with van der Waals surface area (Å²) in [4.78, 5) is 36.6. The second kappa shape index (κ2) is 10.5. The Balaban J connectivity index is 1.36. The lowest BCUT2D eigenvalue weighted by Crippen LogP contribution is -2.42. The Bertz CT molecular complexity index is 803. The Morgan fingerprint density at radius 1 is 1.07 bits per heavy atom. The molecule has 1 saturated heterocycles. The van der Waals surface area contributed by atoms with Gasteiger partial charge in [0.25, 0.3) is 5.91 Å². The maximum atomic E-state index is 12.1. The van der Waals surface area contributed by atoms with Crippen molar-refractivity contribution in [1.82, 2.24) is 10.6 Å². The summed E-state index contributed by atoms with van der Waals surface area (Å²) in [5, 5.41) is 6.71. The van der Waals surface area contributed by atoms with Crippen LogP contribution >= 0.6 is 34.9 Å². The van der Waals surface area contributed by atoms with E-state index in [0.717, 1.165) is 16.4 Å². The van der Waals surface area contributed by atoms with Crippen LogP contribution in [0.4, 0.5) is 4.79 Å². The monoisotopic (exact) mass is 436 g/mol. The summed E-state index contributed by atoms with van der Waals surface area (Å²) >= 11 is 5.39. The minimum atomic E-state index is -0.669. The first-order valence-electron chi connectivity index (χ1n) is 8.72. The first kappa shape index (κ1) is 20.8. The molecule has 0 saturated carbocycles. The summed E-state index contributed by atoms with van der Waals surface area (Å²) in [6.07, 6.45) is 0.697. The zero-order chi connectivity index (χ0) is 19.8. The van der Waals surface area contributed by atoms with Gasteiger partial charge in [0.2, 0.25) is 0 Å². The molecule has 2 aromatic rings. The number of carbonyl (C=O) groups excluding carboxylic acids is 3. The van der Waals surface area contributed by atoms with Crippen molar-refractivity contribution in [2.45, 2.75) is 11.0 Å². The quantitative estimate of drug-likeness (QED) is 0.647. The number of rotatable bonds is 7. The molecule has 0 bridgehead atoms. The lowest BCUT2D eigenvalue weighted by atomic mass is 10.1. The summed E-state index contributed by atoms with van der Waals surface area (Å²) in [6.45, 7) is -0.0867. The van der Waals surface area contributed by atoms with Crippen molar-refractivity contribution >= 4 is 52.8 Å². The second-order valence-corrected chi connectivity index (χ2v) is 9.66. The van der Waals surface area contributed by atoms with Gasteiger partial charge in [-0.1, -0.05) is 18.2 Å². The summed E-state index contributed by atoms with van der Waals surface area (Å²) in [6, 6.07) is 10.5. The van der Waals surface area contributed by atoms with Crippen molar-refractivity contribution in [1.29, 1.82) is 0 Å². The molecule has 1 fully saturated rings. The molecule has 9 heteroatoms. The van der Waals surface area contributed by atoms with Crippen molar-refractivity contribution in [3.05, 3.63) is 57.8 Å². The molecule has 0 radical (unpaired) electrons. The molecule has 0 atom stereocenters. The Kier molecular flexibility index (Phi) is 7.81. The third-order valence-electron chi connectivity index (χ3n) is 3.86. The van der Waals surface area contributed by atoms with E-state index in [-0.39, 0.29) is 0 Å². The van der Waals surface area contributed by atoms with Crippen LogP contribution in [-0.2, 0) is 16.0 Å². The number of thioether (sulfide) groups is 2. The fourth-order valence-electron chi connectivity index (χ4n) is 2.50. The van der Waals surface area contributed by atoms with Gasteiger partial charge in [0.05, 0.1) is 10.1 Å². The molecular weight excluding hydrogens is 416 g/mol. The number of urea groups is 1. The average molecular weight is 437 g/mol. The van der Waals surface area contributed by atoms with Gasteiger partial charge in [-0.05, 0) is 35.6 Å². The summed E-state index contributed by atoms with van der Waals surface area (Å²) in [7, 11) is 0. The number of ether oxygens (including phenoxy) is 1. The number of amides is 3. The Morgan fingerprint density at radius 3 is 2.50 bits per heavy atom. The fraction of sp³-hybridized carbons (Fsp3) is 0.316. The van der Waals surface area contributed by atoms with Crippen LogP contribution in [-0.4, -0.2) is 42.6 Å². The molecule has 0 spiro atoms. The van der Waals surface area contributed by atoms with E-state index in [1.807, 2.05) is 53.2 Å².